The van der Waals surface area contributed by atoms with Crippen molar-refractivity contribution in [1.29, 1.82) is 0 Å². The van der Waals surface area contributed by atoms with Crippen LogP contribution in [-0.2, 0) is 16.4 Å². The van der Waals surface area contributed by atoms with Gasteiger partial charge < -0.3 is 9.14 Å². The second kappa shape index (κ2) is 6.88. The molecule has 0 radical (unpaired) electrons. The number of nitrogens with zero attached hydrogens (tertiary/aromatic N) is 2. The Morgan fingerprint density at radius 2 is 1.93 bits per heavy atom. The minimum absolute atomic E-state index is 0.236. The van der Waals surface area contributed by atoms with Crippen LogP contribution in [0.25, 0.3) is 16.9 Å². The zero-order valence-corrected chi connectivity index (χ0v) is 17.5. The summed E-state index contributed by atoms with van der Waals surface area (Å²) in [5, 5.41) is 0. The van der Waals surface area contributed by atoms with Crippen LogP contribution in [0, 0.1) is 13.8 Å². The predicted molar refractivity (Wildman–Crippen MR) is 117 cm³/mol. The molecule has 30 heavy (non-hydrogen) atoms. The Labute approximate surface area is 175 Å². The highest BCUT2D eigenvalue weighted by Gasteiger charge is 2.20. The number of hydrogen-bond acceptors (Lipinski definition) is 4. The molecule has 0 saturated carbocycles. The van der Waals surface area contributed by atoms with E-state index in [0.717, 1.165) is 45.8 Å². The highest BCUT2D eigenvalue weighted by Crippen LogP contribution is 2.30. The number of rotatable bonds is 4. The predicted octanol–water partition coefficient (Wildman–Crippen LogP) is 4.35. The molecule has 0 saturated heterocycles. The van der Waals surface area contributed by atoms with Gasteiger partial charge in [0, 0.05) is 24.4 Å². The molecule has 0 aliphatic carbocycles. The molecule has 0 atom stereocenters. The largest absolute Gasteiger partial charge is 0.493 e. The Morgan fingerprint density at radius 3 is 2.80 bits per heavy atom. The maximum Gasteiger partial charge on any atom is 0.261 e. The van der Waals surface area contributed by atoms with Gasteiger partial charge in [0.2, 0.25) is 0 Å². The van der Waals surface area contributed by atoms with E-state index < -0.39 is 10.0 Å². The first-order valence-electron chi connectivity index (χ1n) is 9.74. The van der Waals surface area contributed by atoms with E-state index in [9.17, 15) is 8.42 Å². The summed E-state index contributed by atoms with van der Waals surface area (Å²) in [7, 11) is -3.72. The summed E-state index contributed by atoms with van der Waals surface area (Å²) in [6, 6.07) is 14.7. The lowest BCUT2D eigenvalue weighted by atomic mass is 10.1. The van der Waals surface area contributed by atoms with Crippen molar-refractivity contribution in [3.05, 3.63) is 77.6 Å². The number of benzene rings is 2. The molecule has 0 fully saturated rings. The van der Waals surface area contributed by atoms with Gasteiger partial charge in [-0.05, 0) is 66.9 Å². The van der Waals surface area contributed by atoms with Gasteiger partial charge in [-0.25, -0.2) is 13.4 Å². The monoisotopic (exact) mass is 419 g/mol. The third kappa shape index (κ3) is 3.31. The van der Waals surface area contributed by atoms with E-state index in [-0.39, 0.29) is 4.90 Å². The van der Waals surface area contributed by atoms with Gasteiger partial charge in [0.15, 0.2) is 0 Å². The van der Waals surface area contributed by atoms with Gasteiger partial charge in [-0.15, -0.1) is 0 Å². The van der Waals surface area contributed by atoms with Gasteiger partial charge in [-0.1, -0.05) is 12.1 Å². The highest BCUT2D eigenvalue weighted by molar-refractivity contribution is 7.92. The molecule has 0 unspecified atom stereocenters. The number of imidazole rings is 1. The van der Waals surface area contributed by atoms with Gasteiger partial charge in [-0.3, -0.25) is 4.72 Å². The van der Waals surface area contributed by atoms with Gasteiger partial charge >= 0.3 is 0 Å². The molecule has 2 aromatic heterocycles. The molecule has 1 aliphatic rings. The summed E-state index contributed by atoms with van der Waals surface area (Å²) in [5.74, 6) is 0.759. The summed E-state index contributed by atoms with van der Waals surface area (Å²) >= 11 is 0. The molecule has 5 rings (SSSR count). The molecular formula is C23H21N3O3S. The fourth-order valence-electron chi connectivity index (χ4n) is 3.65. The van der Waals surface area contributed by atoms with E-state index >= 15 is 0 Å². The normalized spacial score (nSPS) is 13.3. The highest BCUT2D eigenvalue weighted by atomic mass is 32.2. The standard InChI is InChI=1S/C23H21N3O3S/c1-15-7-9-26-14-21(24-23(26)11-15)17-4-3-16(2)20(13-17)25-30(27,28)19-5-6-22-18(12-19)8-10-29-22/h3-7,9,11-14,25H,8,10H2,1-2H3. The zero-order chi connectivity index (χ0) is 20.9. The first-order chi connectivity index (χ1) is 14.4. The minimum Gasteiger partial charge on any atom is -0.493 e. The van der Waals surface area contributed by atoms with E-state index in [1.807, 2.05) is 61.0 Å². The van der Waals surface area contributed by atoms with Crippen LogP contribution in [-0.4, -0.2) is 24.4 Å². The Morgan fingerprint density at radius 1 is 1.07 bits per heavy atom. The lowest BCUT2D eigenvalue weighted by Gasteiger charge is -2.12. The Hall–Kier alpha value is -3.32. The maximum absolute atomic E-state index is 13.0. The van der Waals surface area contributed by atoms with Crippen molar-refractivity contribution in [1.82, 2.24) is 9.38 Å². The number of ether oxygens (including phenoxy) is 1. The van der Waals surface area contributed by atoms with E-state index in [0.29, 0.717) is 12.3 Å². The fourth-order valence-corrected chi connectivity index (χ4v) is 4.82. The van der Waals surface area contributed by atoms with Crippen molar-refractivity contribution in [2.75, 3.05) is 11.3 Å². The Balaban J connectivity index is 1.50. The Bertz CT molecular complexity index is 1390. The SMILES string of the molecule is Cc1ccn2cc(-c3ccc(C)c(NS(=O)(=O)c4ccc5c(c4)CCO5)c3)nc2c1. The second-order valence-corrected chi connectivity index (χ2v) is 9.28. The van der Waals surface area contributed by atoms with E-state index in [2.05, 4.69) is 9.71 Å². The molecule has 6 nitrogen and oxygen atoms in total. The van der Waals surface area contributed by atoms with Gasteiger partial charge in [0.1, 0.15) is 11.4 Å². The van der Waals surface area contributed by atoms with Crippen molar-refractivity contribution in [3.63, 3.8) is 0 Å². The number of fused-ring (bicyclic) bond motifs is 2. The average molecular weight is 420 g/mol. The topological polar surface area (TPSA) is 72.7 Å². The summed E-state index contributed by atoms with van der Waals surface area (Å²) in [6.45, 7) is 4.50. The first-order valence-corrected chi connectivity index (χ1v) is 11.2. The molecule has 0 spiro atoms. The van der Waals surface area contributed by atoms with Crippen LogP contribution in [0.4, 0.5) is 5.69 Å². The number of aromatic nitrogens is 2. The molecule has 2 aromatic carbocycles. The van der Waals surface area contributed by atoms with Gasteiger partial charge in [0.25, 0.3) is 10.0 Å². The summed E-state index contributed by atoms with van der Waals surface area (Å²) in [5.41, 5.74) is 5.93. The summed E-state index contributed by atoms with van der Waals surface area (Å²) < 4.78 is 36.2. The molecule has 3 heterocycles. The number of hydrogen-bond donors (Lipinski definition) is 1. The molecule has 1 aliphatic heterocycles. The molecular weight excluding hydrogens is 398 g/mol. The minimum atomic E-state index is -3.72. The third-order valence-corrected chi connectivity index (χ3v) is 6.73. The van der Waals surface area contributed by atoms with E-state index in [1.54, 1.807) is 18.2 Å². The van der Waals surface area contributed by atoms with Crippen molar-refractivity contribution in [2.24, 2.45) is 0 Å². The van der Waals surface area contributed by atoms with Gasteiger partial charge in [0.05, 0.1) is 22.9 Å². The molecule has 152 valence electrons. The Kier molecular flexibility index (Phi) is 4.29. The van der Waals surface area contributed by atoms with Crippen LogP contribution in [0.15, 0.2) is 65.8 Å². The molecule has 4 aromatic rings. The smallest absolute Gasteiger partial charge is 0.261 e. The first kappa shape index (κ1) is 18.7. The number of pyridine rings is 1. The molecule has 0 amide bonds. The fraction of sp³-hybridized carbons (Fsp3) is 0.174. The van der Waals surface area contributed by atoms with E-state index in [4.69, 9.17) is 4.74 Å². The molecule has 7 heteroatoms. The summed E-state index contributed by atoms with van der Waals surface area (Å²) in [6.07, 6.45) is 4.63. The van der Waals surface area contributed by atoms with Crippen molar-refractivity contribution in [3.8, 4) is 17.0 Å². The molecule has 1 N–H and O–H groups in total. The number of anilines is 1. The van der Waals surface area contributed by atoms with Crippen LogP contribution >= 0.6 is 0 Å². The number of sulfonamides is 1. The van der Waals surface area contributed by atoms with Gasteiger partial charge in [-0.2, -0.15) is 0 Å². The maximum atomic E-state index is 13.0. The van der Waals surface area contributed by atoms with Crippen molar-refractivity contribution in [2.45, 2.75) is 25.2 Å². The zero-order valence-electron chi connectivity index (χ0n) is 16.7. The quantitative estimate of drug-likeness (QED) is 0.534. The lowest BCUT2D eigenvalue weighted by molar-refractivity contribution is 0.356. The van der Waals surface area contributed by atoms with Crippen LogP contribution in [0.2, 0.25) is 0 Å². The lowest BCUT2D eigenvalue weighted by Crippen LogP contribution is -2.14. The molecule has 0 bridgehead atoms. The second-order valence-electron chi connectivity index (χ2n) is 7.60. The van der Waals surface area contributed by atoms with Crippen molar-refractivity contribution < 1.29 is 13.2 Å². The van der Waals surface area contributed by atoms with E-state index in [1.165, 1.54) is 0 Å². The number of aryl methyl sites for hydroxylation is 2. The summed E-state index contributed by atoms with van der Waals surface area (Å²) in [4.78, 5) is 4.92. The third-order valence-electron chi connectivity index (χ3n) is 5.36. The van der Waals surface area contributed by atoms with Crippen LogP contribution in [0.5, 0.6) is 5.75 Å². The number of nitrogens with one attached hydrogen (secondary N) is 1. The van der Waals surface area contributed by atoms with Crippen LogP contribution in [0.3, 0.4) is 0 Å². The van der Waals surface area contributed by atoms with Crippen LogP contribution < -0.4 is 9.46 Å². The van der Waals surface area contributed by atoms with Crippen molar-refractivity contribution >= 4 is 21.4 Å². The van der Waals surface area contributed by atoms with Crippen LogP contribution in [0.1, 0.15) is 16.7 Å². The average Bonchev–Trinajstić information content (AvgIpc) is 3.35.